The molecule has 5 heteroatoms. The Morgan fingerprint density at radius 1 is 1.30 bits per heavy atom. The van der Waals surface area contributed by atoms with Gasteiger partial charge in [0.25, 0.3) is 0 Å². The van der Waals surface area contributed by atoms with Crippen LogP contribution in [0.4, 0.5) is 0 Å². The van der Waals surface area contributed by atoms with E-state index in [0.717, 1.165) is 23.7 Å². The number of ether oxygens (including phenoxy) is 2. The molecule has 0 radical (unpaired) electrons. The summed E-state index contributed by atoms with van der Waals surface area (Å²) in [6.45, 7) is 2.89. The molecule has 2 rings (SSSR count). The van der Waals surface area contributed by atoms with Gasteiger partial charge in [-0.05, 0) is 30.7 Å². The molecule has 20 heavy (non-hydrogen) atoms. The zero-order valence-corrected chi connectivity index (χ0v) is 12.2. The van der Waals surface area contributed by atoms with Crippen molar-refractivity contribution in [2.45, 2.75) is 37.4 Å². The van der Waals surface area contributed by atoms with Crippen LogP contribution in [0.25, 0.3) is 0 Å². The first-order valence-corrected chi connectivity index (χ1v) is 7.51. The number of cyclic esters (lactones) is 1. The van der Waals surface area contributed by atoms with E-state index in [-0.39, 0.29) is 0 Å². The molecule has 0 aliphatic carbocycles. The molecule has 1 aromatic rings. The summed E-state index contributed by atoms with van der Waals surface area (Å²) < 4.78 is 10.2. The Kier molecular flexibility index (Phi) is 5.49. The van der Waals surface area contributed by atoms with E-state index >= 15 is 0 Å². The monoisotopic (exact) mass is 294 g/mol. The van der Waals surface area contributed by atoms with Gasteiger partial charge in [0, 0.05) is 11.0 Å². The molecule has 0 spiro atoms. The molecule has 0 saturated heterocycles. The second-order valence-electron chi connectivity index (χ2n) is 4.46. The van der Waals surface area contributed by atoms with Crippen LogP contribution in [0.15, 0.2) is 40.1 Å². The SMILES string of the molecule is CCCCCOc1ccc(SC2=CC(=O)OC2O)cc1. The van der Waals surface area contributed by atoms with E-state index in [9.17, 15) is 9.90 Å². The molecule has 1 aliphatic heterocycles. The third kappa shape index (κ3) is 4.28. The highest BCUT2D eigenvalue weighted by atomic mass is 32.2. The highest BCUT2D eigenvalue weighted by Gasteiger charge is 2.24. The first-order valence-electron chi connectivity index (χ1n) is 6.70. The maximum atomic E-state index is 11.0. The average Bonchev–Trinajstić information content (AvgIpc) is 2.75. The number of carbonyl (C=O) groups is 1. The fourth-order valence-electron chi connectivity index (χ4n) is 1.75. The predicted molar refractivity (Wildman–Crippen MR) is 77.5 cm³/mol. The van der Waals surface area contributed by atoms with Crippen LogP contribution in [0.1, 0.15) is 26.2 Å². The van der Waals surface area contributed by atoms with Crippen LogP contribution >= 0.6 is 11.8 Å². The van der Waals surface area contributed by atoms with Gasteiger partial charge in [0.15, 0.2) is 0 Å². The number of unbranched alkanes of at least 4 members (excludes halogenated alkanes) is 2. The molecular weight excluding hydrogens is 276 g/mol. The molecular formula is C15H18O4S. The van der Waals surface area contributed by atoms with Crippen molar-refractivity contribution in [3.05, 3.63) is 35.2 Å². The third-order valence-electron chi connectivity index (χ3n) is 2.81. The molecule has 1 heterocycles. The zero-order valence-electron chi connectivity index (χ0n) is 11.4. The van der Waals surface area contributed by atoms with Gasteiger partial charge < -0.3 is 14.6 Å². The number of benzene rings is 1. The lowest BCUT2D eigenvalue weighted by Crippen LogP contribution is -2.08. The summed E-state index contributed by atoms with van der Waals surface area (Å²) >= 11 is 1.31. The number of esters is 1. The molecule has 4 nitrogen and oxygen atoms in total. The Balaban J connectivity index is 1.85. The number of aliphatic hydroxyl groups excluding tert-OH is 1. The molecule has 0 fully saturated rings. The van der Waals surface area contributed by atoms with Gasteiger partial charge >= 0.3 is 5.97 Å². The first-order chi connectivity index (χ1) is 9.69. The highest BCUT2D eigenvalue weighted by Crippen LogP contribution is 2.33. The summed E-state index contributed by atoms with van der Waals surface area (Å²) in [5.41, 5.74) is 0. The van der Waals surface area contributed by atoms with E-state index < -0.39 is 12.3 Å². The lowest BCUT2D eigenvalue weighted by atomic mass is 10.3. The smallest absolute Gasteiger partial charge is 0.334 e. The van der Waals surface area contributed by atoms with Crippen LogP contribution in [0.5, 0.6) is 5.75 Å². The minimum absolute atomic E-state index is 0.504. The summed E-state index contributed by atoms with van der Waals surface area (Å²) in [6, 6.07) is 7.57. The maximum Gasteiger partial charge on any atom is 0.334 e. The van der Waals surface area contributed by atoms with Gasteiger partial charge in [0.2, 0.25) is 6.29 Å². The van der Waals surface area contributed by atoms with Crippen LogP contribution < -0.4 is 4.74 Å². The molecule has 1 unspecified atom stereocenters. The minimum Gasteiger partial charge on any atom is -0.494 e. The van der Waals surface area contributed by atoms with Gasteiger partial charge in [-0.25, -0.2) is 4.79 Å². The van der Waals surface area contributed by atoms with E-state index in [1.165, 1.54) is 30.7 Å². The maximum absolute atomic E-state index is 11.0. The predicted octanol–water partition coefficient (Wildman–Crippen LogP) is 3.11. The second kappa shape index (κ2) is 7.36. The summed E-state index contributed by atoms with van der Waals surface area (Å²) in [4.78, 5) is 12.4. The summed E-state index contributed by atoms with van der Waals surface area (Å²) in [6.07, 6.45) is 3.58. The van der Waals surface area contributed by atoms with E-state index in [1.54, 1.807) is 0 Å². The average molecular weight is 294 g/mol. The third-order valence-corrected chi connectivity index (χ3v) is 3.87. The molecule has 0 saturated carbocycles. The lowest BCUT2D eigenvalue weighted by molar-refractivity contribution is -0.150. The molecule has 1 atom stereocenters. The van der Waals surface area contributed by atoms with Gasteiger partial charge in [-0.1, -0.05) is 31.5 Å². The van der Waals surface area contributed by atoms with Crippen molar-refractivity contribution >= 4 is 17.7 Å². The van der Waals surface area contributed by atoms with Crippen molar-refractivity contribution in [1.29, 1.82) is 0 Å². The van der Waals surface area contributed by atoms with Crippen molar-refractivity contribution < 1.29 is 19.4 Å². The fraction of sp³-hybridized carbons (Fsp3) is 0.400. The normalized spacial score (nSPS) is 17.8. The number of aliphatic hydroxyl groups is 1. The van der Waals surface area contributed by atoms with Crippen LogP contribution in [-0.4, -0.2) is 24.0 Å². The minimum atomic E-state index is -1.14. The van der Waals surface area contributed by atoms with E-state index in [0.29, 0.717) is 4.91 Å². The number of hydrogen-bond acceptors (Lipinski definition) is 5. The molecule has 0 amide bonds. The second-order valence-corrected chi connectivity index (χ2v) is 5.61. The molecule has 108 valence electrons. The van der Waals surface area contributed by atoms with Crippen molar-refractivity contribution in [2.75, 3.05) is 6.61 Å². The summed E-state index contributed by atoms with van der Waals surface area (Å²) in [7, 11) is 0. The molecule has 1 aliphatic rings. The Labute approximate surface area is 122 Å². The van der Waals surface area contributed by atoms with Crippen molar-refractivity contribution in [2.24, 2.45) is 0 Å². The molecule has 1 aromatic carbocycles. The van der Waals surface area contributed by atoms with Gasteiger partial charge in [-0.3, -0.25) is 0 Å². The number of rotatable bonds is 7. The van der Waals surface area contributed by atoms with Crippen LogP contribution in [0, 0.1) is 0 Å². The number of carbonyl (C=O) groups excluding carboxylic acids is 1. The molecule has 1 N–H and O–H groups in total. The van der Waals surface area contributed by atoms with Gasteiger partial charge in [0.1, 0.15) is 5.75 Å². The van der Waals surface area contributed by atoms with Crippen LogP contribution in [-0.2, 0) is 9.53 Å². The Hall–Kier alpha value is -1.46. The lowest BCUT2D eigenvalue weighted by Gasteiger charge is -2.08. The van der Waals surface area contributed by atoms with E-state index in [4.69, 9.17) is 4.74 Å². The Bertz CT molecular complexity index is 481. The number of hydrogen-bond donors (Lipinski definition) is 1. The van der Waals surface area contributed by atoms with Gasteiger partial charge in [-0.15, -0.1) is 0 Å². The first kappa shape index (κ1) is 14.9. The molecule has 0 bridgehead atoms. The largest absolute Gasteiger partial charge is 0.494 e. The van der Waals surface area contributed by atoms with Gasteiger partial charge in [-0.2, -0.15) is 0 Å². The fourth-order valence-corrected chi connectivity index (χ4v) is 2.60. The van der Waals surface area contributed by atoms with Crippen molar-refractivity contribution in [3.8, 4) is 5.75 Å². The highest BCUT2D eigenvalue weighted by molar-refractivity contribution is 8.03. The van der Waals surface area contributed by atoms with E-state index in [1.807, 2.05) is 24.3 Å². The zero-order chi connectivity index (χ0) is 14.4. The van der Waals surface area contributed by atoms with Crippen LogP contribution in [0.3, 0.4) is 0 Å². The Morgan fingerprint density at radius 2 is 2.05 bits per heavy atom. The summed E-state index contributed by atoms with van der Waals surface area (Å²) in [5.74, 6) is 0.328. The Morgan fingerprint density at radius 3 is 2.65 bits per heavy atom. The van der Waals surface area contributed by atoms with Crippen molar-refractivity contribution in [3.63, 3.8) is 0 Å². The standard InChI is InChI=1S/C15H18O4S/c1-2-3-4-9-18-11-5-7-12(8-6-11)20-13-10-14(16)19-15(13)17/h5-8,10,15,17H,2-4,9H2,1H3. The van der Waals surface area contributed by atoms with Crippen molar-refractivity contribution in [1.82, 2.24) is 0 Å². The quantitative estimate of drug-likeness (QED) is 0.618. The molecule has 0 aromatic heterocycles. The van der Waals surface area contributed by atoms with Gasteiger partial charge in [0.05, 0.1) is 11.5 Å². The topological polar surface area (TPSA) is 55.8 Å². The number of thioether (sulfide) groups is 1. The summed E-state index contributed by atoms with van der Waals surface area (Å²) in [5, 5.41) is 9.49. The van der Waals surface area contributed by atoms with E-state index in [2.05, 4.69) is 11.7 Å². The van der Waals surface area contributed by atoms with Crippen LogP contribution in [0.2, 0.25) is 0 Å².